The minimum absolute atomic E-state index is 0.102. The maximum Gasteiger partial charge on any atom is 0.275 e. The van der Waals surface area contributed by atoms with Crippen molar-refractivity contribution in [2.75, 3.05) is 50.8 Å². The molecule has 0 unspecified atom stereocenters. The number of rotatable bonds is 8. The van der Waals surface area contributed by atoms with Crippen LogP contribution in [0.4, 0.5) is 5.69 Å². The first-order valence-electron chi connectivity index (χ1n) is 10.8. The fourth-order valence-corrected chi connectivity index (χ4v) is 3.84. The molecule has 1 aliphatic heterocycles. The van der Waals surface area contributed by atoms with E-state index in [9.17, 15) is 9.90 Å². The zero-order valence-corrected chi connectivity index (χ0v) is 18.3. The molecule has 1 saturated heterocycles. The number of aryl methyl sites for hydroxylation is 2. The van der Waals surface area contributed by atoms with Crippen LogP contribution in [0.25, 0.3) is 0 Å². The van der Waals surface area contributed by atoms with Gasteiger partial charge in [0.25, 0.3) is 5.91 Å². The summed E-state index contributed by atoms with van der Waals surface area (Å²) >= 11 is 0. The zero-order chi connectivity index (χ0) is 21.5. The number of piperazine rings is 1. The molecule has 162 valence electrons. The molecule has 0 spiro atoms. The van der Waals surface area contributed by atoms with Crippen LogP contribution in [0.2, 0.25) is 0 Å². The van der Waals surface area contributed by atoms with Gasteiger partial charge >= 0.3 is 0 Å². The molecule has 6 heteroatoms. The summed E-state index contributed by atoms with van der Waals surface area (Å²) in [6.07, 6.45) is 0.794. The van der Waals surface area contributed by atoms with Crippen molar-refractivity contribution in [3.8, 4) is 11.5 Å². The van der Waals surface area contributed by atoms with Crippen LogP contribution in [0, 0.1) is 20.8 Å². The molecule has 2 aromatic carbocycles. The highest BCUT2D eigenvalue weighted by Gasteiger charge is 2.22. The van der Waals surface area contributed by atoms with E-state index >= 15 is 0 Å². The average molecular weight is 413 g/mol. The molecule has 2 aromatic rings. The largest absolute Gasteiger partial charge is 0.508 e. The van der Waals surface area contributed by atoms with Crippen molar-refractivity contribution in [3.05, 3.63) is 53.1 Å². The predicted molar refractivity (Wildman–Crippen MR) is 120 cm³/mol. The van der Waals surface area contributed by atoms with Gasteiger partial charge in [-0.3, -0.25) is 4.79 Å². The minimum atomic E-state index is 0.102. The highest BCUT2D eigenvalue weighted by atomic mass is 16.5. The van der Waals surface area contributed by atoms with Crippen LogP contribution in [0.5, 0.6) is 11.5 Å². The minimum Gasteiger partial charge on any atom is -0.508 e. The van der Waals surface area contributed by atoms with Crippen molar-refractivity contribution in [3.63, 3.8) is 0 Å². The number of phenols is 1. The lowest BCUT2D eigenvalue weighted by Crippen LogP contribution is -3.15. The number of anilines is 1. The van der Waals surface area contributed by atoms with Gasteiger partial charge in [0.15, 0.2) is 6.54 Å². The van der Waals surface area contributed by atoms with Crippen molar-refractivity contribution >= 4 is 11.6 Å². The maximum absolute atomic E-state index is 12.3. The van der Waals surface area contributed by atoms with Gasteiger partial charge in [0.2, 0.25) is 0 Å². The second-order valence-electron chi connectivity index (χ2n) is 8.19. The van der Waals surface area contributed by atoms with E-state index in [1.807, 2.05) is 12.1 Å². The fourth-order valence-electron chi connectivity index (χ4n) is 3.84. The first kappa shape index (κ1) is 22.0. The fraction of sp³-hybridized carbons (Fsp3) is 0.458. The third-order valence-electron chi connectivity index (χ3n) is 5.76. The van der Waals surface area contributed by atoms with Crippen LogP contribution in [0.3, 0.4) is 0 Å². The highest BCUT2D eigenvalue weighted by Crippen LogP contribution is 2.23. The van der Waals surface area contributed by atoms with E-state index in [1.165, 1.54) is 21.6 Å². The van der Waals surface area contributed by atoms with Gasteiger partial charge in [0, 0.05) is 12.2 Å². The molecule has 1 aliphatic rings. The first-order valence-corrected chi connectivity index (χ1v) is 10.8. The first-order chi connectivity index (χ1) is 14.4. The number of benzene rings is 2. The molecule has 1 fully saturated rings. The summed E-state index contributed by atoms with van der Waals surface area (Å²) in [7, 11) is 0. The smallest absolute Gasteiger partial charge is 0.275 e. The van der Waals surface area contributed by atoms with Crippen molar-refractivity contribution < 1.29 is 19.5 Å². The van der Waals surface area contributed by atoms with Crippen molar-refractivity contribution in [2.24, 2.45) is 0 Å². The summed E-state index contributed by atoms with van der Waals surface area (Å²) in [5, 5.41) is 12.4. The normalized spacial score (nSPS) is 14.6. The van der Waals surface area contributed by atoms with Crippen LogP contribution in [0.1, 0.15) is 23.1 Å². The topological polar surface area (TPSA) is 66.2 Å². The van der Waals surface area contributed by atoms with Crippen LogP contribution in [0.15, 0.2) is 36.4 Å². The predicted octanol–water partition coefficient (Wildman–Crippen LogP) is 1.61. The number of carbonyl (C=O) groups excluding carboxylic acids is 1. The van der Waals surface area contributed by atoms with Gasteiger partial charge in [0.05, 0.1) is 32.8 Å². The zero-order valence-electron chi connectivity index (χ0n) is 18.3. The van der Waals surface area contributed by atoms with Gasteiger partial charge in [-0.05, 0) is 74.2 Å². The number of phenolic OH excluding ortho intramolecular Hbond substituents is 1. The van der Waals surface area contributed by atoms with E-state index in [2.05, 4.69) is 43.1 Å². The molecule has 30 heavy (non-hydrogen) atoms. The molecule has 6 nitrogen and oxygen atoms in total. The molecule has 1 amide bonds. The van der Waals surface area contributed by atoms with E-state index in [0.29, 0.717) is 19.7 Å². The molecule has 3 rings (SSSR count). The van der Waals surface area contributed by atoms with Crippen LogP contribution in [-0.4, -0.2) is 56.9 Å². The van der Waals surface area contributed by atoms with Crippen molar-refractivity contribution in [2.45, 2.75) is 27.2 Å². The Kier molecular flexibility index (Phi) is 7.57. The number of quaternary nitrogens is 1. The van der Waals surface area contributed by atoms with E-state index in [-0.39, 0.29) is 11.7 Å². The number of hydrogen-bond donors (Lipinski definition) is 3. The molecule has 3 N–H and O–H groups in total. The van der Waals surface area contributed by atoms with E-state index in [0.717, 1.165) is 44.0 Å². The summed E-state index contributed by atoms with van der Waals surface area (Å²) in [5.41, 5.74) is 4.75. The molecule has 0 aliphatic carbocycles. The Morgan fingerprint density at radius 3 is 2.53 bits per heavy atom. The van der Waals surface area contributed by atoms with E-state index in [1.54, 1.807) is 12.1 Å². The average Bonchev–Trinajstić information content (AvgIpc) is 2.72. The second kappa shape index (κ2) is 10.3. The summed E-state index contributed by atoms with van der Waals surface area (Å²) in [6.45, 7) is 11.7. The molecule has 1 heterocycles. The Morgan fingerprint density at radius 1 is 1.13 bits per heavy atom. The van der Waals surface area contributed by atoms with Gasteiger partial charge in [0.1, 0.15) is 11.5 Å². The maximum atomic E-state index is 12.3. The molecule has 0 aromatic heterocycles. The Bertz CT molecular complexity index is 844. The molecule has 0 atom stereocenters. The molecular weight excluding hydrogens is 378 g/mol. The van der Waals surface area contributed by atoms with E-state index in [4.69, 9.17) is 4.74 Å². The van der Waals surface area contributed by atoms with Crippen molar-refractivity contribution in [1.29, 1.82) is 0 Å². The Labute approximate surface area is 179 Å². The molecule has 0 saturated carbocycles. The summed E-state index contributed by atoms with van der Waals surface area (Å²) in [5.74, 6) is 1.33. The second-order valence-corrected chi connectivity index (χ2v) is 8.19. The van der Waals surface area contributed by atoms with Crippen LogP contribution < -0.4 is 19.9 Å². The van der Waals surface area contributed by atoms with Crippen molar-refractivity contribution in [1.82, 2.24) is 5.32 Å². The van der Waals surface area contributed by atoms with Gasteiger partial charge in [-0.1, -0.05) is 6.07 Å². The van der Waals surface area contributed by atoms with Crippen LogP contribution >= 0.6 is 0 Å². The van der Waals surface area contributed by atoms with Gasteiger partial charge in [-0.25, -0.2) is 0 Å². The lowest BCUT2D eigenvalue weighted by atomic mass is 10.1. The molecule has 0 radical (unpaired) electrons. The number of nitrogens with one attached hydrogen (secondary N) is 2. The van der Waals surface area contributed by atoms with Crippen LogP contribution in [-0.2, 0) is 4.79 Å². The lowest BCUT2D eigenvalue weighted by molar-refractivity contribution is -0.892. The summed E-state index contributed by atoms with van der Waals surface area (Å²) in [4.78, 5) is 15.9. The number of hydrogen-bond acceptors (Lipinski definition) is 4. The Morgan fingerprint density at radius 2 is 1.83 bits per heavy atom. The number of nitrogens with zero attached hydrogens (tertiary/aromatic N) is 1. The molecular formula is C24H34N3O3+. The van der Waals surface area contributed by atoms with Gasteiger partial charge < -0.3 is 25.0 Å². The summed E-state index contributed by atoms with van der Waals surface area (Å²) < 4.78 is 5.91. The third-order valence-corrected chi connectivity index (χ3v) is 5.76. The quantitative estimate of drug-likeness (QED) is 0.577. The number of ether oxygens (including phenoxy) is 1. The van der Waals surface area contributed by atoms with Gasteiger partial charge in [-0.2, -0.15) is 0 Å². The highest BCUT2D eigenvalue weighted by molar-refractivity contribution is 5.76. The Hall–Kier alpha value is -2.73. The number of amides is 1. The van der Waals surface area contributed by atoms with E-state index < -0.39 is 0 Å². The lowest BCUT2D eigenvalue weighted by Gasteiger charge is -2.33. The number of carbonyl (C=O) groups is 1. The monoisotopic (exact) mass is 412 g/mol. The third kappa shape index (κ3) is 6.13. The Balaban J connectivity index is 1.31. The van der Waals surface area contributed by atoms with Gasteiger partial charge in [-0.15, -0.1) is 0 Å². The summed E-state index contributed by atoms with van der Waals surface area (Å²) in [6, 6.07) is 11.5. The number of aromatic hydroxyl groups is 1. The standard InChI is InChI=1S/C24H33N3O3/c1-18-15-19(2)20(3)23(16-18)30-14-4-9-25-24(29)17-26-10-12-27(13-11-26)21-5-7-22(28)8-6-21/h5-8,15-16,28H,4,9-14,17H2,1-3H3,(H,25,29)/p+1. The SMILES string of the molecule is Cc1cc(C)c(C)c(OCCCNC(=O)C[NH+]2CCN(c3ccc(O)cc3)CC2)c1. The molecule has 0 bridgehead atoms.